The Labute approximate surface area is 103 Å². The average Bonchev–Trinajstić information content (AvgIpc) is 2.35. The first kappa shape index (κ1) is 13.7. The van der Waals surface area contributed by atoms with Crippen molar-refractivity contribution < 1.29 is 9.47 Å². The van der Waals surface area contributed by atoms with Gasteiger partial charge in [-0.05, 0) is 20.3 Å². The Balaban J connectivity index is 2.80. The lowest BCUT2D eigenvalue weighted by atomic mass is 10.3. The molecule has 17 heavy (non-hydrogen) atoms. The molecule has 5 heteroatoms. The summed E-state index contributed by atoms with van der Waals surface area (Å²) in [6.45, 7) is 7.09. The second-order valence-electron chi connectivity index (χ2n) is 3.73. The maximum atomic E-state index is 5.68. The van der Waals surface area contributed by atoms with E-state index in [9.17, 15) is 0 Å². The van der Waals surface area contributed by atoms with E-state index in [4.69, 9.17) is 9.47 Å². The Morgan fingerprint density at radius 2 is 2.12 bits per heavy atom. The van der Waals surface area contributed by atoms with Gasteiger partial charge in [0.15, 0.2) is 5.82 Å². The summed E-state index contributed by atoms with van der Waals surface area (Å²) >= 11 is 0. The van der Waals surface area contributed by atoms with Crippen molar-refractivity contribution in [1.29, 1.82) is 0 Å². The van der Waals surface area contributed by atoms with Gasteiger partial charge >= 0.3 is 0 Å². The standard InChI is InChI=1S/C12H21N3O2/c1-5-9(3)17-12-7-10(13-4)14-11(15-12)8-16-6-2/h7,9H,5-6,8H2,1-4H3,(H,13,14,15). The van der Waals surface area contributed by atoms with Crippen LogP contribution in [-0.2, 0) is 11.3 Å². The highest BCUT2D eigenvalue weighted by molar-refractivity contribution is 5.37. The highest BCUT2D eigenvalue weighted by Crippen LogP contribution is 2.15. The van der Waals surface area contributed by atoms with Crippen LogP contribution in [0.1, 0.15) is 33.0 Å². The molecule has 1 N–H and O–H groups in total. The fourth-order valence-electron chi connectivity index (χ4n) is 1.21. The van der Waals surface area contributed by atoms with Gasteiger partial charge in [0.2, 0.25) is 5.88 Å². The normalized spacial score (nSPS) is 12.2. The molecule has 1 rings (SSSR count). The number of rotatable bonds is 7. The number of aromatic nitrogens is 2. The van der Waals surface area contributed by atoms with E-state index in [1.807, 2.05) is 20.9 Å². The molecule has 1 heterocycles. The van der Waals surface area contributed by atoms with Crippen molar-refractivity contribution in [2.24, 2.45) is 0 Å². The quantitative estimate of drug-likeness (QED) is 0.790. The van der Waals surface area contributed by atoms with Crippen LogP contribution in [0.3, 0.4) is 0 Å². The summed E-state index contributed by atoms with van der Waals surface area (Å²) in [5.41, 5.74) is 0. The van der Waals surface area contributed by atoms with Crippen LogP contribution in [-0.4, -0.2) is 29.7 Å². The first-order valence-corrected chi connectivity index (χ1v) is 5.99. The lowest BCUT2D eigenvalue weighted by Crippen LogP contribution is -2.12. The second-order valence-corrected chi connectivity index (χ2v) is 3.73. The van der Waals surface area contributed by atoms with Gasteiger partial charge in [-0.25, -0.2) is 4.98 Å². The van der Waals surface area contributed by atoms with Gasteiger partial charge in [0.1, 0.15) is 12.4 Å². The zero-order valence-corrected chi connectivity index (χ0v) is 11.0. The number of anilines is 1. The monoisotopic (exact) mass is 239 g/mol. The summed E-state index contributed by atoms with van der Waals surface area (Å²) < 4.78 is 11.0. The molecule has 0 radical (unpaired) electrons. The van der Waals surface area contributed by atoms with Crippen molar-refractivity contribution in [3.8, 4) is 5.88 Å². The Hall–Kier alpha value is -1.36. The zero-order valence-electron chi connectivity index (χ0n) is 11.0. The van der Waals surface area contributed by atoms with Crippen molar-refractivity contribution >= 4 is 5.82 Å². The van der Waals surface area contributed by atoms with Gasteiger partial charge in [-0.2, -0.15) is 4.98 Å². The Morgan fingerprint density at radius 1 is 1.35 bits per heavy atom. The molecular formula is C12H21N3O2. The third-order valence-electron chi connectivity index (χ3n) is 2.34. The molecule has 0 aliphatic carbocycles. The molecule has 1 aromatic heterocycles. The number of nitrogens with one attached hydrogen (secondary N) is 1. The van der Waals surface area contributed by atoms with E-state index in [1.165, 1.54) is 0 Å². The molecule has 0 aliphatic rings. The molecule has 0 saturated heterocycles. The first-order chi connectivity index (χ1) is 8.19. The summed E-state index contributed by atoms with van der Waals surface area (Å²) in [5, 5.41) is 2.99. The lowest BCUT2D eigenvalue weighted by molar-refractivity contribution is 0.126. The summed E-state index contributed by atoms with van der Waals surface area (Å²) in [7, 11) is 1.82. The molecule has 0 saturated carbocycles. The van der Waals surface area contributed by atoms with Gasteiger partial charge in [0, 0.05) is 19.7 Å². The van der Waals surface area contributed by atoms with Crippen LogP contribution in [0.5, 0.6) is 5.88 Å². The molecular weight excluding hydrogens is 218 g/mol. The molecule has 0 aliphatic heterocycles. The molecule has 0 aromatic carbocycles. The molecule has 1 unspecified atom stereocenters. The minimum atomic E-state index is 0.148. The Bertz CT molecular complexity index is 345. The minimum Gasteiger partial charge on any atom is -0.475 e. The third kappa shape index (κ3) is 4.56. The molecule has 1 atom stereocenters. The van der Waals surface area contributed by atoms with E-state index in [2.05, 4.69) is 22.2 Å². The largest absolute Gasteiger partial charge is 0.475 e. The van der Waals surface area contributed by atoms with E-state index in [0.717, 1.165) is 12.2 Å². The first-order valence-electron chi connectivity index (χ1n) is 5.99. The zero-order chi connectivity index (χ0) is 12.7. The SMILES string of the molecule is CCOCc1nc(NC)cc(OC(C)CC)n1. The second kappa shape index (κ2) is 7.06. The van der Waals surface area contributed by atoms with Crippen molar-refractivity contribution in [3.63, 3.8) is 0 Å². The van der Waals surface area contributed by atoms with Gasteiger partial charge in [-0.1, -0.05) is 6.92 Å². The van der Waals surface area contributed by atoms with Crippen LogP contribution in [0.15, 0.2) is 6.07 Å². The van der Waals surface area contributed by atoms with Crippen LogP contribution < -0.4 is 10.1 Å². The molecule has 1 aromatic rings. The predicted molar refractivity (Wildman–Crippen MR) is 67.3 cm³/mol. The van der Waals surface area contributed by atoms with Gasteiger partial charge in [0.05, 0.1) is 6.10 Å². The number of nitrogens with zero attached hydrogens (tertiary/aromatic N) is 2. The Morgan fingerprint density at radius 3 is 2.71 bits per heavy atom. The molecule has 96 valence electrons. The molecule has 5 nitrogen and oxygen atoms in total. The molecule has 0 spiro atoms. The number of ether oxygens (including phenoxy) is 2. The molecule has 0 fully saturated rings. The molecule has 0 amide bonds. The van der Waals surface area contributed by atoms with Gasteiger partial charge < -0.3 is 14.8 Å². The smallest absolute Gasteiger partial charge is 0.219 e. The van der Waals surface area contributed by atoms with Crippen molar-refractivity contribution in [2.75, 3.05) is 19.0 Å². The fraction of sp³-hybridized carbons (Fsp3) is 0.667. The van der Waals surface area contributed by atoms with Crippen LogP contribution in [0, 0.1) is 0 Å². The Kier molecular flexibility index (Phi) is 5.69. The maximum Gasteiger partial charge on any atom is 0.219 e. The number of hydrogen-bond donors (Lipinski definition) is 1. The van der Waals surface area contributed by atoms with Gasteiger partial charge in [-0.15, -0.1) is 0 Å². The highest BCUT2D eigenvalue weighted by atomic mass is 16.5. The van der Waals surface area contributed by atoms with Gasteiger partial charge in [0.25, 0.3) is 0 Å². The van der Waals surface area contributed by atoms with Crippen molar-refractivity contribution in [3.05, 3.63) is 11.9 Å². The van der Waals surface area contributed by atoms with E-state index >= 15 is 0 Å². The number of hydrogen-bond acceptors (Lipinski definition) is 5. The van der Waals surface area contributed by atoms with Gasteiger partial charge in [-0.3, -0.25) is 0 Å². The summed E-state index contributed by atoms with van der Waals surface area (Å²) in [6.07, 6.45) is 1.09. The van der Waals surface area contributed by atoms with Crippen LogP contribution in [0.25, 0.3) is 0 Å². The summed E-state index contributed by atoms with van der Waals surface area (Å²) in [4.78, 5) is 8.60. The van der Waals surface area contributed by atoms with E-state index in [0.29, 0.717) is 24.9 Å². The maximum absolute atomic E-state index is 5.68. The third-order valence-corrected chi connectivity index (χ3v) is 2.34. The summed E-state index contributed by atoms with van der Waals surface area (Å²) in [6, 6.07) is 1.79. The predicted octanol–water partition coefficient (Wildman–Crippen LogP) is 2.23. The van der Waals surface area contributed by atoms with Crippen molar-refractivity contribution in [2.45, 2.75) is 39.9 Å². The van der Waals surface area contributed by atoms with E-state index in [-0.39, 0.29) is 6.10 Å². The average molecular weight is 239 g/mol. The van der Waals surface area contributed by atoms with E-state index in [1.54, 1.807) is 6.07 Å². The van der Waals surface area contributed by atoms with Crippen molar-refractivity contribution in [1.82, 2.24) is 9.97 Å². The van der Waals surface area contributed by atoms with Crippen LogP contribution in [0.2, 0.25) is 0 Å². The topological polar surface area (TPSA) is 56.3 Å². The van der Waals surface area contributed by atoms with Crippen LogP contribution >= 0.6 is 0 Å². The minimum absolute atomic E-state index is 0.148. The highest BCUT2D eigenvalue weighted by Gasteiger charge is 2.07. The van der Waals surface area contributed by atoms with Crippen LogP contribution in [0.4, 0.5) is 5.82 Å². The summed E-state index contributed by atoms with van der Waals surface area (Å²) in [5.74, 6) is 1.97. The fourth-order valence-corrected chi connectivity index (χ4v) is 1.21. The lowest BCUT2D eigenvalue weighted by Gasteiger charge is -2.13. The molecule has 0 bridgehead atoms. The van der Waals surface area contributed by atoms with E-state index < -0.39 is 0 Å².